The molecule has 0 saturated heterocycles. The van der Waals surface area contributed by atoms with Gasteiger partial charge in [0.2, 0.25) is 15.9 Å². The Morgan fingerprint density at radius 2 is 1.86 bits per heavy atom. The number of carbonyl (C=O) groups excluding carboxylic acids is 2. The molecule has 1 aliphatic rings. The lowest BCUT2D eigenvalue weighted by molar-refractivity contribution is -0.122. The van der Waals surface area contributed by atoms with Gasteiger partial charge in [-0.3, -0.25) is 18.8 Å². The van der Waals surface area contributed by atoms with Gasteiger partial charge in [-0.15, -0.1) is 0 Å². The third-order valence-electron chi connectivity index (χ3n) is 4.51. The normalized spacial score (nSPS) is 14.6. The van der Waals surface area contributed by atoms with E-state index in [0.717, 1.165) is 10.6 Å². The maximum atomic E-state index is 13.3. The van der Waals surface area contributed by atoms with Crippen LogP contribution in [0, 0.1) is 0 Å². The zero-order chi connectivity index (χ0) is 21.2. The summed E-state index contributed by atoms with van der Waals surface area (Å²) >= 11 is 0. The second-order valence-electron chi connectivity index (χ2n) is 6.65. The van der Waals surface area contributed by atoms with E-state index in [-0.39, 0.29) is 12.5 Å². The molecule has 1 N–H and O–H groups in total. The number of ether oxygens (including phenoxy) is 1. The van der Waals surface area contributed by atoms with Crippen molar-refractivity contribution in [3.8, 4) is 5.75 Å². The summed E-state index contributed by atoms with van der Waals surface area (Å²) in [6, 6.07) is 12.3. The summed E-state index contributed by atoms with van der Waals surface area (Å²) in [6.07, 6.45) is 1.05. The molecule has 9 heteroatoms. The zero-order valence-corrected chi connectivity index (χ0v) is 17.3. The van der Waals surface area contributed by atoms with Crippen LogP contribution in [0.25, 0.3) is 0 Å². The van der Waals surface area contributed by atoms with Crippen LogP contribution in [0.2, 0.25) is 0 Å². The lowest BCUT2D eigenvalue weighted by Gasteiger charge is -2.35. The van der Waals surface area contributed by atoms with Gasteiger partial charge in [0, 0.05) is 0 Å². The molecule has 0 unspecified atom stereocenters. The predicted octanol–water partition coefficient (Wildman–Crippen LogP) is 2.23. The fourth-order valence-electron chi connectivity index (χ4n) is 3.31. The number of fused-ring (bicyclic) bond motifs is 1. The monoisotopic (exact) mass is 417 g/mol. The molecule has 0 aliphatic carbocycles. The highest BCUT2D eigenvalue weighted by Gasteiger charge is 2.35. The first-order valence-electron chi connectivity index (χ1n) is 9.15. The first kappa shape index (κ1) is 20.7. The molecule has 0 aromatic heterocycles. The van der Waals surface area contributed by atoms with E-state index in [9.17, 15) is 18.0 Å². The van der Waals surface area contributed by atoms with Crippen molar-refractivity contribution in [1.82, 2.24) is 0 Å². The molecule has 3 rings (SSSR count). The lowest BCUT2D eigenvalue weighted by Crippen LogP contribution is -2.52. The molecule has 1 aliphatic heterocycles. The largest absolute Gasteiger partial charge is 0.494 e. The first-order chi connectivity index (χ1) is 13.7. The molecule has 0 spiro atoms. The van der Waals surface area contributed by atoms with Gasteiger partial charge in [0.25, 0.3) is 5.91 Å². The fraction of sp³-hybridized carbons (Fsp3) is 0.300. The minimum absolute atomic E-state index is 0.179. The van der Waals surface area contributed by atoms with Crippen LogP contribution in [0.3, 0.4) is 0 Å². The molecule has 0 radical (unpaired) electrons. The molecule has 0 fully saturated rings. The van der Waals surface area contributed by atoms with E-state index >= 15 is 0 Å². The summed E-state index contributed by atoms with van der Waals surface area (Å²) in [6.45, 7) is 3.67. The van der Waals surface area contributed by atoms with Crippen molar-refractivity contribution in [3.05, 3.63) is 48.5 Å². The van der Waals surface area contributed by atoms with Gasteiger partial charge in [-0.2, -0.15) is 0 Å². The Morgan fingerprint density at radius 3 is 2.48 bits per heavy atom. The predicted molar refractivity (Wildman–Crippen MR) is 112 cm³/mol. The van der Waals surface area contributed by atoms with Gasteiger partial charge >= 0.3 is 0 Å². The van der Waals surface area contributed by atoms with E-state index in [1.165, 1.54) is 11.8 Å². The molecular formula is C20H23N3O5S. The quantitative estimate of drug-likeness (QED) is 0.778. The number of nitrogens with one attached hydrogen (secondary N) is 1. The van der Waals surface area contributed by atoms with Crippen LogP contribution in [0.4, 0.5) is 17.1 Å². The third-order valence-corrected chi connectivity index (χ3v) is 5.75. The van der Waals surface area contributed by atoms with Crippen LogP contribution in [0.5, 0.6) is 5.75 Å². The van der Waals surface area contributed by atoms with Crippen molar-refractivity contribution >= 4 is 38.9 Å². The number of benzene rings is 2. The summed E-state index contributed by atoms with van der Waals surface area (Å²) in [5.74, 6) is -0.229. The average molecular weight is 417 g/mol. The summed E-state index contributed by atoms with van der Waals surface area (Å²) < 4.78 is 31.5. The van der Waals surface area contributed by atoms with Crippen LogP contribution in [0.15, 0.2) is 48.5 Å². The van der Waals surface area contributed by atoms with E-state index < -0.39 is 22.0 Å². The number of rotatable bonds is 6. The standard InChI is InChI=1S/C20H23N3O5S/c1-4-28-16-11-9-15(10-12-16)23(29(3,26)27)14(2)20(25)22-13-19(24)21-17-7-5-6-8-18(17)22/h5-12,14H,4,13H2,1-3H3,(H,21,24)/t14-/m1/s1. The maximum absolute atomic E-state index is 13.3. The highest BCUT2D eigenvalue weighted by Crippen LogP contribution is 2.31. The van der Waals surface area contributed by atoms with Gasteiger partial charge in [-0.1, -0.05) is 12.1 Å². The molecule has 0 saturated carbocycles. The lowest BCUT2D eigenvalue weighted by atomic mass is 10.1. The van der Waals surface area contributed by atoms with Crippen LogP contribution in [-0.2, 0) is 19.6 Å². The highest BCUT2D eigenvalue weighted by atomic mass is 32.2. The van der Waals surface area contributed by atoms with Crippen molar-refractivity contribution in [1.29, 1.82) is 0 Å². The Labute approximate surface area is 170 Å². The highest BCUT2D eigenvalue weighted by molar-refractivity contribution is 7.92. The number of anilines is 3. The Morgan fingerprint density at radius 1 is 1.21 bits per heavy atom. The molecule has 2 aromatic carbocycles. The molecule has 1 heterocycles. The van der Waals surface area contributed by atoms with Crippen molar-refractivity contribution in [2.24, 2.45) is 0 Å². The summed E-state index contributed by atoms with van der Waals surface area (Å²) in [5.41, 5.74) is 1.38. The van der Waals surface area contributed by atoms with Crippen molar-refractivity contribution in [2.45, 2.75) is 19.9 Å². The Hall–Kier alpha value is -3.07. The molecule has 154 valence electrons. The number of amides is 2. The number of hydrogen-bond acceptors (Lipinski definition) is 5. The Bertz CT molecular complexity index is 1020. The molecule has 8 nitrogen and oxygen atoms in total. The van der Waals surface area contributed by atoms with Gasteiger partial charge in [0.05, 0.1) is 29.9 Å². The fourth-order valence-corrected chi connectivity index (χ4v) is 4.48. The Kier molecular flexibility index (Phi) is 5.78. The minimum Gasteiger partial charge on any atom is -0.494 e. The van der Waals surface area contributed by atoms with Gasteiger partial charge in [-0.25, -0.2) is 8.42 Å². The van der Waals surface area contributed by atoms with Crippen molar-refractivity contribution in [3.63, 3.8) is 0 Å². The van der Waals surface area contributed by atoms with Gasteiger partial charge in [0.15, 0.2) is 0 Å². The maximum Gasteiger partial charge on any atom is 0.251 e. The van der Waals surface area contributed by atoms with E-state index in [1.807, 2.05) is 6.92 Å². The van der Waals surface area contributed by atoms with Gasteiger partial charge < -0.3 is 10.1 Å². The molecule has 0 bridgehead atoms. The SMILES string of the molecule is CCOc1ccc(N([C@H](C)C(=O)N2CC(=O)Nc3ccccc32)S(C)(=O)=O)cc1. The number of sulfonamides is 1. The second kappa shape index (κ2) is 8.12. The summed E-state index contributed by atoms with van der Waals surface area (Å²) in [5, 5.41) is 2.71. The van der Waals surface area contributed by atoms with Gasteiger partial charge in [0.1, 0.15) is 18.3 Å². The smallest absolute Gasteiger partial charge is 0.251 e. The van der Waals surface area contributed by atoms with Crippen LogP contribution in [0.1, 0.15) is 13.8 Å². The van der Waals surface area contributed by atoms with Crippen molar-refractivity contribution < 1.29 is 22.7 Å². The number of nitrogens with zero attached hydrogens (tertiary/aromatic N) is 2. The topological polar surface area (TPSA) is 96.0 Å². The average Bonchev–Trinajstić information content (AvgIpc) is 2.67. The summed E-state index contributed by atoms with van der Waals surface area (Å²) in [7, 11) is -3.77. The van der Waals surface area contributed by atoms with E-state index in [0.29, 0.717) is 29.4 Å². The van der Waals surface area contributed by atoms with Crippen LogP contribution in [-0.4, -0.2) is 45.7 Å². The molecule has 29 heavy (non-hydrogen) atoms. The second-order valence-corrected chi connectivity index (χ2v) is 8.51. The zero-order valence-electron chi connectivity index (χ0n) is 16.5. The van der Waals surface area contributed by atoms with E-state index in [2.05, 4.69) is 5.32 Å². The number of para-hydroxylation sites is 2. The van der Waals surface area contributed by atoms with Crippen molar-refractivity contribution in [2.75, 3.05) is 33.9 Å². The minimum atomic E-state index is -3.77. The molecule has 2 amide bonds. The molecular weight excluding hydrogens is 394 g/mol. The molecule has 2 aromatic rings. The van der Waals surface area contributed by atoms with Gasteiger partial charge in [-0.05, 0) is 50.2 Å². The van der Waals surface area contributed by atoms with Crippen LogP contribution < -0.4 is 19.3 Å². The summed E-state index contributed by atoms with van der Waals surface area (Å²) in [4.78, 5) is 26.6. The van der Waals surface area contributed by atoms with Crippen LogP contribution >= 0.6 is 0 Å². The van der Waals surface area contributed by atoms with E-state index in [1.54, 1.807) is 48.5 Å². The number of carbonyl (C=O) groups is 2. The first-order valence-corrected chi connectivity index (χ1v) is 11.0. The third kappa shape index (κ3) is 4.34. The Balaban J connectivity index is 1.95. The number of hydrogen-bond donors (Lipinski definition) is 1. The van der Waals surface area contributed by atoms with E-state index in [4.69, 9.17) is 4.74 Å². The molecule has 1 atom stereocenters.